The topological polar surface area (TPSA) is 35.2 Å². The summed E-state index contributed by atoms with van der Waals surface area (Å²) in [6.45, 7) is 4.93. The minimum Gasteiger partial charge on any atom is -0.377 e. The van der Waals surface area contributed by atoms with Crippen LogP contribution in [-0.4, -0.2) is 18.8 Å². The van der Waals surface area contributed by atoms with Gasteiger partial charge in [-0.2, -0.15) is 0 Å². The van der Waals surface area contributed by atoms with E-state index >= 15 is 0 Å². The van der Waals surface area contributed by atoms with Gasteiger partial charge in [0.25, 0.3) is 0 Å². The minimum atomic E-state index is 0.269. The first-order valence-corrected chi connectivity index (χ1v) is 3.09. The zero-order valence-corrected chi connectivity index (χ0v) is 5.42. The third-order valence-electron chi connectivity index (χ3n) is 1.97. The molecule has 1 saturated heterocycles. The average Bonchev–Trinajstić information content (AvgIpc) is 1.98. The monoisotopic (exact) mass is 115 g/mol. The molecule has 0 amide bonds. The molecule has 0 aromatic rings. The lowest BCUT2D eigenvalue weighted by Crippen LogP contribution is -2.28. The first kappa shape index (κ1) is 6.05. The van der Waals surface area contributed by atoms with Gasteiger partial charge in [-0.25, -0.2) is 0 Å². The molecule has 0 spiro atoms. The van der Waals surface area contributed by atoms with Crippen molar-refractivity contribution in [1.82, 2.24) is 0 Å². The molecule has 1 heterocycles. The normalized spacial score (nSPS) is 47.6. The van der Waals surface area contributed by atoms with Crippen molar-refractivity contribution in [3.05, 3.63) is 0 Å². The Balaban J connectivity index is 2.44. The van der Waals surface area contributed by atoms with E-state index in [-0.39, 0.29) is 6.04 Å². The van der Waals surface area contributed by atoms with E-state index in [1.165, 1.54) is 0 Å². The van der Waals surface area contributed by atoms with Crippen molar-refractivity contribution in [1.29, 1.82) is 0 Å². The molecule has 2 nitrogen and oxygen atoms in total. The molecule has 1 rings (SSSR count). The lowest BCUT2D eigenvalue weighted by atomic mass is 10.0. The predicted molar refractivity (Wildman–Crippen MR) is 32.6 cm³/mol. The van der Waals surface area contributed by atoms with Crippen LogP contribution < -0.4 is 5.73 Å². The summed E-state index contributed by atoms with van der Waals surface area (Å²) >= 11 is 0. The molecule has 48 valence electrons. The van der Waals surface area contributed by atoms with Gasteiger partial charge in [0.2, 0.25) is 0 Å². The zero-order chi connectivity index (χ0) is 6.15. The van der Waals surface area contributed by atoms with E-state index in [0.29, 0.717) is 12.0 Å². The van der Waals surface area contributed by atoms with Gasteiger partial charge in [0.15, 0.2) is 0 Å². The molecule has 1 aliphatic heterocycles. The molecule has 3 atom stereocenters. The number of hydrogen-bond donors (Lipinski definition) is 1. The van der Waals surface area contributed by atoms with Crippen molar-refractivity contribution in [3.8, 4) is 0 Å². The maximum absolute atomic E-state index is 5.64. The molecule has 1 aliphatic rings. The van der Waals surface area contributed by atoms with Crippen LogP contribution >= 0.6 is 0 Å². The summed E-state index contributed by atoms with van der Waals surface area (Å²) < 4.78 is 5.25. The molecule has 8 heavy (non-hydrogen) atoms. The summed E-state index contributed by atoms with van der Waals surface area (Å²) in [5.74, 6) is 0.537. The number of rotatable bonds is 0. The fourth-order valence-electron chi connectivity index (χ4n) is 0.915. The van der Waals surface area contributed by atoms with E-state index in [2.05, 4.69) is 13.8 Å². The van der Waals surface area contributed by atoms with Crippen molar-refractivity contribution < 1.29 is 4.74 Å². The summed E-state index contributed by atoms with van der Waals surface area (Å²) in [5.41, 5.74) is 5.64. The molecule has 0 aliphatic carbocycles. The Bertz CT molecular complexity index is 74.6. The van der Waals surface area contributed by atoms with Gasteiger partial charge in [0, 0.05) is 6.04 Å². The lowest BCUT2D eigenvalue weighted by Gasteiger charge is -2.09. The predicted octanol–water partition coefficient (Wildman–Crippen LogP) is 0.369. The summed E-state index contributed by atoms with van der Waals surface area (Å²) in [7, 11) is 0. The van der Waals surface area contributed by atoms with Crippen molar-refractivity contribution >= 4 is 0 Å². The van der Waals surface area contributed by atoms with Crippen LogP contribution in [-0.2, 0) is 4.74 Å². The standard InChI is InChI=1S/C6H13NO/c1-4-5(2)8-3-6(4)7/h4-6H,3,7H2,1-2H3/t4-,5+,6+/m1/s1. The Morgan fingerprint density at radius 3 is 2.25 bits per heavy atom. The third kappa shape index (κ3) is 0.858. The number of hydrogen-bond acceptors (Lipinski definition) is 2. The Kier molecular flexibility index (Phi) is 1.54. The molecular formula is C6H13NO. The van der Waals surface area contributed by atoms with E-state index in [1.54, 1.807) is 0 Å². The Morgan fingerprint density at radius 1 is 1.50 bits per heavy atom. The highest BCUT2D eigenvalue weighted by molar-refractivity contribution is 4.79. The lowest BCUT2D eigenvalue weighted by molar-refractivity contribution is 0.109. The summed E-state index contributed by atoms with van der Waals surface area (Å²) in [4.78, 5) is 0. The first-order valence-electron chi connectivity index (χ1n) is 3.09. The summed E-state index contributed by atoms with van der Waals surface area (Å²) in [6.07, 6.45) is 0.366. The van der Waals surface area contributed by atoms with Crippen molar-refractivity contribution in [2.45, 2.75) is 26.0 Å². The fraction of sp³-hybridized carbons (Fsp3) is 1.00. The van der Waals surface area contributed by atoms with Crippen LogP contribution in [0.5, 0.6) is 0 Å². The molecule has 0 saturated carbocycles. The van der Waals surface area contributed by atoms with Crippen LogP contribution in [0.25, 0.3) is 0 Å². The highest BCUT2D eigenvalue weighted by Crippen LogP contribution is 2.17. The quantitative estimate of drug-likeness (QED) is 0.495. The molecule has 0 aromatic carbocycles. The zero-order valence-electron chi connectivity index (χ0n) is 5.42. The molecule has 0 radical (unpaired) electrons. The summed E-state index contributed by atoms with van der Waals surface area (Å²) in [6, 6.07) is 0.269. The Hall–Kier alpha value is -0.0800. The van der Waals surface area contributed by atoms with Gasteiger partial charge in [-0.05, 0) is 12.8 Å². The molecule has 1 fully saturated rings. The van der Waals surface area contributed by atoms with E-state index in [0.717, 1.165) is 6.61 Å². The molecule has 2 heteroatoms. The maximum atomic E-state index is 5.64. The van der Waals surface area contributed by atoms with Gasteiger partial charge in [-0.15, -0.1) is 0 Å². The van der Waals surface area contributed by atoms with E-state index in [4.69, 9.17) is 10.5 Å². The molecular weight excluding hydrogens is 102 g/mol. The van der Waals surface area contributed by atoms with E-state index in [1.807, 2.05) is 0 Å². The van der Waals surface area contributed by atoms with Crippen LogP contribution in [0.3, 0.4) is 0 Å². The Labute approximate surface area is 50.0 Å². The van der Waals surface area contributed by atoms with E-state index in [9.17, 15) is 0 Å². The molecule has 2 N–H and O–H groups in total. The van der Waals surface area contributed by atoms with Gasteiger partial charge in [-0.1, -0.05) is 6.92 Å². The third-order valence-corrected chi connectivity index (χ3v) is 1.97. The molecule has 0 bridgehead atoms. The van der Waals surface area contributed by atoms with Crippen LogP contribution in [0.1, 0.15) is 13.8 Å². The second-order valence-corrected chi connectivity index (χ2v) is 2.56. The van der Waals surface area contributed by atoms with Crippen LogP contribution in [0, 0.1) is 5.92 Å². The van der Waals surface area contributed by atoms with Crippen LogP contribution in [0.2, 0.25) is 0 Å². The van der Waals surface area contributed by atoms with E-state index < -0.39 is 0 Å². The maximum Gasteiger partial charge on any atom is 0.0624 e. The number of ether oxygens (including phenoxy) is 1. The Morgan fingerprint density at radius 2 is 2.12 bits per heavy atom. The first-order chi connectivity index (χ1) is 3.72. The number of nitrogens with two attached hydrogens (primary N) is 1. The second-order valence-electron chi connectivity index (χ2n) is 2.56. The van der Waals surface area contributed by atoms with Gasteiger partial charge in [0.05, 0.1) is 12.7 Å². The van der Waals surface area contributed by atoms with Crippen LogP contribution in [0.15, 0.2) is 0 Å². The highest BCUT2D eigenvalue weighted by Gasteiger charge is 2.26. The van der Waals surface area contributed by atoms with Crippen molar-refractivity contribution in [2.24, 2.45) is 11.7 Å². The molecule has 0 unspecified atom stereocenters. The minimum absolute atomic E-state index is 0.269. The molecule has 0 aromatic heterocycles. The average molecular weight is 115 g/mol. The second kappa shape index (κ2) is 2.03. The van der Waals surface area contributed by atoms with Gasteiger partial charge in [0.1, 0.15) is 0 Å². The van der Waals surface area contributed by atoms with Gasteiger partial charge < -0.3 is 10.5 Å². The van der Waals surface area contributed by atoms with Crippen LogP contribution in [0.4, 0.5) is 0 Å². The summed E-state index contributed by atoms with van der Waals surface area (Å²) in [5, 5.41) is 0. The van der Waals surface area contributed by atoms with Crippen molar-refractivity contribution in [3.63, 3.8) is 0 Å². The fourth-order valence-corrected chi connectivity index (χ4v) is 0.915. The smallest absolute Gasteiger partial charge is 0.0624 e. The van der Waals surface area contributed by atoms with Gasteiger partial charge in [-0.3, -0.25) is 0 Å². The SMILES string of the molecule is C[C@@H]1[C@H](C)OC[C@@H]1N. The highest BCUT2D eigenvalue weighted by atomic mass is 16.5. The van der Waals surface area contributed by atoms with Crippen molar-refractivity contribution in [2.75, 3.05) is 6.61 Å². The van der Waals surface area contributed by atoms with Gasteiger partial charge >= 0.3 is 0 Å². The largest absolute Gasteiger partial charge is 0.377 e.